The molecule has 1 aromatic carbocycles. The number of hydrogen-bond donors (Lipinski definition) is 1. The lowest BCUT2D eigenvalue weighted by Crippen LogP contribution is -2.37. The molecule has 0 saturated carbocycles. The first kappa shape index (κ1) is 27.2. The predicted octanol–water partition coefficient (Wildman–Crippen LogP) is 5.96. The van der Waals surface area contributed by atoms with Gasteiger partial charge >= 0.3 is 11.9 Å². The van der Waals surface area contributed by atoms with E-state index < -0.39 is 0 Å². The number of hydrogen-bond acceptors (Lipinski definition) is 7. The van der Waals surface area contributed by atoms with Gasteiger partial charge in [-0.2, -0.15) is 0 Å². The number of ether oxygens (including phenoxy) is 2. The molecule has 0 atom stereocenters. The second-order valence-corrected chi connectivity index (χ2v) is 12.6. The summed E-state index contributed by atoms with van der Waals surface area (Å²) < 4.78 is 10.7. The summed E-state index contributed by atoms with van der Waals surface area (Å²) in [6.45, 7) is 14.0. The van der Waals surface area contributed by atoms with Crippen LogP contribution in [0.15, 0.2) is 24.3 Å². The van der Waals surface area contributed by atoms with Crippen molar-refractivity contribution >= 4 is 39.9 Å². The van der Waals surface area contributed by atoms with Crippen LogP contribution >= 0.6 is 11.3 Å². The number of carbonyl (C=O) groups is 3. The number of amides is 1. The van der Waals surface area contributed by atoms with E-state index in [1.54, 1.807) is 6.92 Å². The Kier molecular flexibility index (Phi) is 7.70. The average molecular weight is 527 g/mol. The largest absolute Gasteiger partial charge is 0.462 e. The van der Waals surface area contributed by atoms with Gasteiger partial charge < -0.3 is 19.7 Å². The smallest absolute Gasteiger partial charge is 0.341 e. The molecule has 0 spiro atoms. The zero-order valence-electron chi connectivity index (χ0n) is 22.7. The maximum Gasteiger partial charge on any atom is 0.341 e. The molecule has 1 aromatic heterocycles. The molecule has 0 unspecified atom stereocenters. The lowest BCUT2D eigenvalue weighted by molar-refractivity contribution is -0.147. The Morgan fingerprint density at radius 2 is 1.73 bits per heavy atom. The first-order valence-electron chi connectivity index (χ1n) is 13.1. The molecule has 2 aliphatic rings. The number of thiophene rings is 1. The number of piperidine rings is 1. The number of carbonyl (C=O) groups excluding carboxylic acids is 3. The van der Waals surface area contributed by atoms with E-state index in [4.69, 9.17) is 9.47 Å². The fourth-order valence-corrected chi connectivity index (χ4v) is 7.27. The standard InChI is InChI=1S/C29H38N2O5S/c1-7-35-27(34)23-22-16-28(3,4)17-29(5,6)24(22)37-26(23)30-25(33)19-8-10-20(11-9-19)31-14-12-21(13-15-31)36-18(2)32/h8-11,21H,7,12-17H2,1-6H3,(H,30,33). The minimum atomic E-state index is -0.378. The van der Waals surface area contributed by atoms with Crippen molar-refractivity contribution in [2.24, 2.45) is 5.41 Å². The van der Waals surface area contributed by atoms with Crippen LogP contribution in [0.4, 0.5) is 10.7 Å². The van der Waals surface area contributed by atoms with Gasteiger partial charge in [0, 0.05) is 49.0 Å². The third-order valence-electron chi connectivity index (χ3n) is 7.17. The molecule has 1 aliphatic carbocycles. The number of fused-ring (bicyclic) bond motifs is 1. The lowest BCUT2D eigenvalue weighted by Gasteiger charge is -2.40. The third kappa shape index (κ3) is 6.00. The molecule has 200 valence electrons. The second kappa shape index (κ2) is 10.5. The van der Waals surface area contributed by atoms with Gasteiger partial charge in [-0.25, -0.2) is 4.79 Å². The molecular weight excluding hydrogens is 488 g/mol. The highest BCUT2D eigenvalue weighted by atomic mass is 32.1. The highest BCUT2D eigenvalue weighted by molar-refractivity contribution is 7.17. The molecule has 1 fully saturated rings. The first-order chi connectivity index (χ1) is 17.4. The van der Waals surface area contributed by atoms with Crippen molar-refractivity contribution in [1.29, 1.82) is 0 Å². The van der Waals surface area contributed by atoms with Gasteiger partial charge in [-0.05, 0) is 60.4 Å². The maximum atomic E-state index is 13.3. The Labute approximate surface area is 223 Å². The number of esters is 2. The van der Waals surface area contributed by atoms with Gasteiger partial charge in [-0.15, -0.1) is 11.3 Å². The van der Waals surface area contributed by atoms with Gasteiger partial charge in [0.2, 0.25) is 0 Å². The number of rotatable bonds is 6. The maximum absolute atomic E-state index is 13.3. The number of anilines is 2. The molecule has 7 nitrogen and oxygen atoms in total. The van der Waals surface area contributed by atoms with Crippen LogP contribution in [0.1, 0.15) is 92.0 Å². The van der Waals surface area contributed by atoms with Crippen molar-refractivity contribution in [2.45, 2.75) is 78.7 Å². The predicted molar refractivity (Wildman–Crippen MR) is 147 cm³/mol. The molecule has 1 amide bonds. The van der Waals surface area contributed by atoms with Crippen molar-refractivity contribution in [3.05, 3.63) is 45.8 Å². The van der Waals surface area contributed by atoms with E-state index in [0.29, 0.717) is 16.1 Å². The van der Waals surface area contributed by atoms with E-state index in [1.165, 1.54) is 18.3 Å². The number of nitrogens with zero attached hydrogens (tertiary/aromatic N) is 1. The molecule has 4 rings (SSSR count). The summed E-state index contributed by atoms with van der Waals surface area (Å²) in [5, 5.41) is 3.59. The van der Waals surface area contributed by atoms with Gasteiger partial charge in [0.1, 0.15) is 11.1 Å². The van der Waals surface area contributed by atoms with Crippen LogP contribution < -0.4 is 10.2 Å². The zero-order chi connectivity index (χ0) is 27.0. The molecule has 0 bridgehead atoms. The van der Waals surface area contributed by atoms with Gasteiger partial charge in [-0.3, -0.25) is 9.59 Å². The van der Waals surface area contributed by atoms with Crippen molar-refractivity contribution in [1.82, 2.24) is 0 Å². The van der Waals surface area contributed by atoms with Crippen LogP contribution in [0.3, 0.4) is 0 Å². The summed E-state index contributed by atoms with van der Waals surface area (Å²) in [6, 6.07) is 7.51. The Hall–Kier alpha value is -2.87. The molecular formula is C29H38N2O5S. The van der Waals surface area contributed by atoms with Crippen LogP contribution in [0, 0.1) is 5.41 Å². The lowest BCUT2D eigenvalue weighted by atomic mass is 9.65. The minimum absolute atomic E-state index is 0.0282. The first-order valence-corrected chi connectivity index (χ1v) is 13.9. The SMILES string of the molecule is CCOC(=O)c1c(NC(=O)c2ccc(N3CCC(OC(C)=O)CC3)cc2)sc2c1CC(C)(C)CC2(C)C. The molecule has 1 aliphatic heterocycles. The second-order valence-electron chi connectivity index (χ2n) is 11.5. The quantitative estimate of drug-likeness (QED) is 0.468. The van der Waals surface area contributed by atoms with Crippen LogP contribution in [-0.4, -0.2) is 43.6 Å². The highest BCUT2D eigenvalue weighted by Gasteiger charge is 2.42. The van der Waals surface area contributed by atoms with Gasteiger partial charge in [-0.1, -0.05) is 27.7 Å². The van der Waals surface area contributed by atoms with Crippen LogP contribution in [0.5, 0.6) is 0 Å². The van der Waals surface area contributed by atoms with Crippen molar-refractivity contribution in [2.75, 3.05) is 29.9 Å². The number of nitrogens with one attached hydrogen (secondary N) is 1. The van der Waals surface area contributed by atoms with Gasteiger partial charge in [0.05, 0.1) is 12.2 Å². The average Bonchev–Trinajstić information content (AvgIpc) is 3.16. The monoisotopic (exact) mass is 526 g/mol. The van der Waals surface area contributed by atoms with E-state index in [9.17, 15) is 14.4 Å². The van der Waals surface area contributed by atoms with Crippen LogP contribution in [0.2, 0.25) is 0 Å². The molecule has 1 N–H and O–H groups in total. The highest BCUT2D eigenvalue weighted by Crippen LogP contribution is 2.52. The van der Waals surface area contributed by atoms with Crippen molar-refractivity contribution in [3.63, 3.8) is 0 Å². The Morgan fingerprint density at radius 1 is 1.08 bits per heavy atom. The normalized spacial score (nSPS) is 18.6. The summed E-state index contributed by atoms with van der Waals surface area (Å²) in [4.78, 5) is 40.9. The van der Waals surface area contributed by atoms with E-state index in [1.807, 2.05) is 24.3 Å². The number of benzene rings is 1. The van der Waals surface area contributed by atoms with E-state index in [2.05, 4.69) is 37.9 Å². The topological polar surface area (TPSA) is 84.9 Å². The molecule has 8 heteroatoms. The fourth-order valence-electron chi connectivity index (χ4n) is 5.97. The molecule has 1 saturated heterocycles. The van der Waals surface area contributed by atoms with Crippen molar-refractivity contribution < 1.29 is 23.9 Å². The van der Waals surface area contributed by atoms with Crippen LogP contribution in [-0.2, 0) is 26.1 Å². The summed E-state index contributed by atoms with van der Waals surface area (Å²) in [5.41, 5.74) is 3.01. The summed E-state index contributed by atoms with van der Waals surface area (Å²) >= 11 is 1.50. The molecule has 2 aromatic rings. The molecule has 0 radical (unpaired) electrons. The Morgan fingerprint density at radius 3 is 2.32 bits per heavy atom. The molecule has 2 heterocycles. The van der Waals surface area contributed by atoms with Gasteiger partial charge in [0.25, 0.3) is 5.91 Å². The van der Waals surface area contributed by atoms with E-state index in [0.717, 1.165) is 54.9 Å². The van der Waals surface area contributed by atoms with Gasteiger partial charge in [0.15, 0.2) is 0 Å². The Bertz CT molecular complexity index is 1170. The van der Waals surface area contributed by atoms with E-state index in [-0.39, 0.29) is 41.4 Å². The van der Waals surface area contributed by atoms with Crippen LogP contribution in [0.25, 0.3) is 0 Å². The summed E-state index contributed by atoms with van der Waals surface area (Å²) in [6.07, 6.45) is 3.32. The van der Waals surface area contributed by atoms with E-state index >= 15 is 0 Å². The third-order valence-corrected chi connectivity index (χ3v) is 8.69. The summed E-state index contributed by atoms with van der Waals surface area (Å²) in [7, 11) is 0. The fraction of sp³-hybridized carbons (Fsp3) is 0.552. The summed E-state index contributed by atoms with van der Waals surface area (Å²) in [5.74, 6) is -0.864. The minimum Gasteiger partial charge on any atom is -0.462 e. The molecule has 37 heavy (non-hydrogen) atoms. The zero-order valence-corrected chi connectivity index (χ0v) is 23.5. The Balaban J connectivity index is 1.53. The van der Waals surface area contributed by atoms with Crippen molar-refractivity contribution in [3.8, 4) is 0 Å².